The number of anilines is 1. The van der Waals surface area contributed by atoms with Crippen LogP contribution in [0.4, 0.5) is 5.13 Å². The van der Waals surface area contributed by atoms with Gasteiger partial charge in [0, 0.05) is 12.1 Å². The first-order chi connectivity index (χ1) is 9.53. The lowest BCUT2D eigenvalue weighted by Crippen LogP contribution is -2.52. The van der Waals surface area contributed by atoms with Crippen molar-refractivity contribution in [3.05, 3.63) is 11.1 Å². The molecule has 1 aromatic rings. The lowest BCUT2D eigenvalue weighted by Gasteiger charge is -2.39. The Balaban J connectivity index is 2.00. The summed E-state index contributed by atoms with van der Waals surface area (Å²) in [6.45, 7) is 0.691. The summed E-state index contributed by atoms with van der Waals surface area (Å²) in [5.74, 6) is -0.0651. The van der Waals surface area contributed by atoms with Gasteiger partial charge < -0.3 is 16.0 Å². The zero-order chi connectivity index (χ0) is 14.6. The van der Waals surface area contributed by atoms with Gasteiger partial charge in [-0.1, -0.05) is 37.0 Å². The van der Waals surface area contributed by atoms with Crippen LogP contribution in [-0.4, -0.2) is 42.0 Å². The van der Waals surface area contributed by atoms with E-state index in [4.69, 9.17) is 5.73 Å². The number of hydrogen-bond acceptors (Lipinski definition) is 5. The lowest BCUT2D eigenvalue weighted by molar-refractivity contribution is 0.0872. The lowest BCUT2D eigenvalue weighted by atomic mass is 9.88. The number of hydrogen-bond donors (Lipinski definition) is 2. The maximum absolute atomic E-state index is 12.1. The number of amides is 1. The van der Waals surface area contributed by atoms with Crippen molar-refractivity contribution in [2.45, 2.75) is 44.1 Å². The monoisotopic (exact) mass is 296 g/mol. The highest BCUT2D eigenvalue weighted by Crippen LogP contribution is 2.30. The summed E-state index contributed by atoms with van der Waals surface area (Å²) in [5, 5.41) is 3.50. The fraction of sp³-hybridized carbons (Fsp3) is 0.714. The molecule has 0 saturated heterocycles. The number of likely N-dealkylation sites (N-methyl/N-ethyl adjacent to an activating group) is 1. The van der Waals surface area contributed by atoms with E-state index in [0.717, 1.165) is 12.8 Å². The maximum Gasteiger partial charge on any atom is 0.263 e. The Labute approximate surface area is 124 Å². The van der Waals surface area contributed by atoms with Crippen molar-refractivity contribution >= 4 is 22.4 Å². The SMILES string of the molecule is CN(C)C1(CNC(=O)c2cnc(N)s2)CCCCCC1. The van der Waals surface area contributed by atoms with Gasteiger partial charge in [0.15, 0.2) is 5.13 Å². The van der Waals surface area contributed by atoms with Gasteiger partial charge in [-0.3, -0.25) is 4.79 Å². The Morgan fingerprint density at radius 2 is 2.05 bits per heavy atom. The molecule has 0 spiro atoms. The Hall–Kier alpha value is -1.14. The molecule has 1 fully saturated rings. The van der Waals surface area contributed by atoms with Crippen LogP contribution in [0.1, 0.15) is 48.2 Å². The highest BCUT2D eigenvalue weighted by atomic mass is 32.1. The average molecular weight is 296 g/mol. The molecular weight excluding hydrogens is 272 g/mol. The van der Waals surface area contributed by atoms with Gasteiger partial charge in [0.1, 0.15) is 4.88 Å². The first-order valence-corrected chi connectivity index (χ1v) is 8.02. The Morgan fingerprint density at radius 3 is 2.55 bits per heavy atom. The maximum atomic E-state index is 12.1. The third-order valence-corrected chi connectivity index (χ3v) is 5.13. The van der Waals surface area contributed by atoms with Crippen molar-refractivity contribution < 1.29 is 4.79 Å². The van der Waals surface area contributed by atoms with Crippen LogP contribution < -0.4 is 11.1 Å². The normalized spacial score (nSPS) is 18.8. The molecule has 1 aliphatic carbocycles. The van der Waals surface area contributed by atoms with Gasteiger partial charge in [-0.05, 0) is 26.9 Å². The van der Waals surface area contributed by atoms with Gasteiger partial charge in [0.05, 0.1) is 6.20 Å². The van der Waals surface area contributed by atoms with Crippen LogP contribution in [0.15, 0.2) is 6.20 Å². The minimum absolute atomic E-state index is 0.0651. The predicted octanol–water partition coefficient (Wildman–Crippen LogP) is 2.11. The molecule has 5 nitrogen and oxygen atoms in total. The minimum atomic E-state index is -0.0651. The number of nitrogen functional groups attached to an aromatic ring is 1. The van der Waals surface area contributed by atoms with Gasteiger partial charge >= 0.3 is 0 Å². The van der Waals surface area contributed by atoms with Crippen molar-refractivity contribution in [2.24, 2.45) is 0 Å². The topological polar surface area (TPSA) is 71.2 Å². The van der Waals surface area contributed by atoms with Gasteiger partial charge in [0.25, 0.3) is 5.91 Å². The first kappa shape index (κ1) is 15.3. The summed E-state index contributed by atoms with van der Waals surface area (Å²) in [4.78, 5) is 18.9. The van der Waals surface area contributed by atoms with Crippen LogP contribution in [0, 0.1) is 0 Å². The van der Waals surface area contributed by atoms with Crippen LogP contribution in [0.5, 0.6) is 0 Å². The van der Waals surface area contributed by atoms with E-state index in [1.165, 1.54) is 37.0 Å². The third kappa shape index (κ3) is 3.49. The molecule has 1 amide bonds. The molecule has 0 bridgehead atoms. The van der Waals surface area contributed by atoms with Crippen LogP contribution >= 0.6 is 11.3 Å². The summed E-state index contributed by atoms with van der Waals surface area (Å²) in [7, 11) is 4.23. The Morgan fingerprint density at radius 1 is 1.40 bits per heavy atom. The fourth-order valence-electron chi connectivity index (χ4n) is 2.89. The van der Waals surface area contributed by atoms with E-state index in [1.807, 2.05) is 0 Å². The van der Waals surface area contributed by atoms with E-state index in [9.17, 15) is 4.79 Å². The highest BCUT2D eigenvalue weighted by Gasteiger charge is 2.33. The molecule has 0 radical (unpaired) electrons. The first-order valence-electron chi connectivity index (χ1n) is 7.20. The molecule has 0 aromatic carbocycles. The van der Waals surface area contributed by atoms with Gasteiger partial charge in [-0.2, -0.15) is 0 Å². The number of aromatic nitrogens is 1. The smallest absolute Gasteiger partial charge is 0.263 e. The molecular formula is C14H24N4OS. The number of nitrogens with zero attached hydrogens (tertiary/aromatic N) is 2. The van der Waals surface area contributed by atoms with E-state index in [2.05, 4.69) is 29.3 Å². The summed E-state index contributed by atoms with van der Waals surface area (Å²) in [6.07, 6.45) is 8.91. The Kier molecular flexibility index (Phi) is 4.99. The number of carbonyl (C=O) groups excluding carboxylic acids is 1. The second-order valence-electron chi connectivity index (χ2n) is 5.78. The number of rotatable bonds is 4. The van der Waals surface area contributed by atoms with Crippen molar-refractivity contribution in [3.63, 3.8) is 0 Å². The Bertz CT molecular complexity index is 450. The molecule has 6 heteroatoms. The largest absolute Gasteiger partial charge is 0.375 e. The number of thiazole rings is 1. The molecule has 1 aromatic heterocycles. The highest BCUT2D eigenvalue weighted by molar-refractivity contribution is 7.17. The van der Waals surface area contributed by atoms with Crippen LogP contribution in [0.2, 0.25) is 0 Å². The van der Waals surface area contributed by atoms with Crippen LogP contribution in [0.25, 0.3) is 0 Å². The standard InChI is InChI=1S/C14H24N4OS/c1-18(2)14(7-5-3-4-6-8-14)10-17-12(19)11-9-16-13(15)20-11/h9H,3-8,10H2,1-2H3,(H2,15,16)(H,17,19). The quantitative estimate of drug-likeness (QED) is 0.835. The molecule has 0 aliphatic heterocycles. The molecule has 20 heavy (non-hydrogen) atoms. The molecule has 3 N–H and O–H groups in total. The van der Waals surface area contributed by atoms with E-state index >= 15 is 0 Å². The molecule has 112 valence electrons. The fourth-order valence-corrected chi connectivity index (χ4v) is 3.49. The van der Waals surface area contributed by atoms with E-state index < -0.39 is 0 Å². The van der Waals surface area contributed by atoms with Crippen LogP contribution in [0.3, 0.4) is 0 Å². The number of nitrogens with two attached hydrogens (primary N) is 1. The third-order valence-electron chi connectivity index (χ3n) is 4.31. The summed E-state index contributed by atoms with van der Waals surface area (Å²) in [5.41, 5.74) is 5.66. The molecule has 0 atom stereocenters. The van der Waals surface area contributed by atoms with Gasteiger partial charge in [-0.25, -0.2) is 4.98 Å². The molecule has 1 saturated carbocycles. The zero-order valence-electron chi connectivity index (χ0n) is 12.3. The molecule has 0 unspecified atom stereocenters. The summed E-state index contributed by atoms with van der Waals surface area (Å²) >= 11 is 1.23. The minimum Gasteiger partial charge on any atom is -0.375 e. The van der Waals surface area contributed by atoms with Crippen LogP contribution in [-0.2, 0) is 0 Å². The number of nitrogens with one attached hydrogen (secondary N) is 1. The molecule has 1 heterocycles. The second-order valence-corrected chi connectivity index (χ2v) is 6.84. The van der Waals surface area contributed by atoms with E-state index in [0.29, 0.717) is 16.6 Å². The second kappa shape index (κ2) is 6.54. The predicted molar refractivity (Wildman–Crippen MR) is 83.0 cm³/mol. The number of carbonyl (C=O) groups is 1. The van der Waals surface area contributed by atoms with Crippen molar-refractivity contribution in [2.75, 3.05) is 26.4 Å². The average Bonchev–Trinajstić information content (AvgIpc) is 2.71. The van der Waals surface area contributed by atoms with Crippen molar-refractivity contribution in [1.82, 2.24) is 15.2 Å². The van der Waals surface area contributed by atoms with E-state index in [-0.39, 0.29) is 11.4 Å². The molecule has 2 rings (SSSR count). The summed E-state index contributed by atoms with van der Waals surface area (Å²) < 4.78 is 0. The zero-order valence-corrected chi connectivity index (χ0v) is 13.1. The van der Waals surface area contributed by atoms with Crippen molar-refractivity contribution in [3.8, 4) is 0 Å². The van der Waals surface area contributed by atoms with E-state index in [1.54, 1.807) is 6.20 Å². The van der Waals surface area contributed by atoms with Gasteiger partial charge in [-0.15, -0.1) is 0 Å². The molecule has 1 aliphatic rings. The summed E-state index contributed by atoms with van der Waals surface area (Å²) in [6, 6.07) is 0. The van der Waals surface area contributed by atoms with Gasteiger partial charge in [0.2, 0.25) is 0 Å². The van der Waals surface area contributed by atoms with Crippen molar-refractivity contribution in [1.29, 1.82) is 0 Å².